The minimum atomic E-state index is 0.214. The molecule has 2 aliphatic carbocycles. The van der Waals surface area contributed by atoms with E-state index in [1.807, 2.05) is 0 Å². The van der Waals surface area contributed by atoms with Gasteiger partial charge in [0.05, 0.1) is 0 Å². The van der Waals surface area contributed by atoms with Crippen LogP contribution in [0.4, 0.5) is 0 Å². The van der Waals surface area contributed by atoms with Crippen LogP contribution in [-0.2, 0) is 0 Å². The molecule has 0 saturated heterocycles. The predicted octanol–water partition coefficient (Wildman–Crippen LogP) is 5.92. The zero-order valence-corrected chi connectivity index (χ0v) is 13.4. The SMILES string of the molecule is CC1=CC(C)(C(C)C)C=C(C2CCC(C)CC2)C=C1. The van der Waals surface area contributed by atoms with E-state index < -0.39 is 0 Å². The van der Waals surface area contributed by atoms with Crippen LogP contribution in [0.25, 0.3) is 0 Å². The first-order valence-corrected chi connectivity index (χ1v) is 8.01. The molecular formula is C19H30. The Morgan fingerprint density at radius 2 is 1.68 bits per heavy atom. The number of allylic oxidation sites excluding steroid dienone is 6. The van der Waals surface area contributed by atoms with Gasteiger partial charge in [0.25, 0.3) is 0 Å². The van der Waals surface area contributed by atoms with Gasteiger partial charge in [-0.05, 0) is 43.1 Å². The molecule has 0 aliphatic heterocycles. The number of hydrogen-bond acceptors (Lipinski definition) is 0. The van der Waals surface area contributed by atoms with Crippen molar-refractivity contribution in [1.82, 2.24) is 0 Å². The highest BCUT2D eigenvalue weighted by molar-refractivity contribution is 5.37. The van der Waals surface area contributed by atoms with Crippen LogP contribution in [0.5, 0.6) is 0 Å². The Hall–Kier alpha value is -0.780. The highest BCUT2D eigenvalue weighted by Gasteiger charge is 2.28. The molecule has 1 fully saturated rings. The molecule has 0 heterocycles. The maximum Gasteiger partial charge on any atom is 0.00672 e. The molecule has 0 nitrogen and oxygen atoms in total. The van der Waals surface area contributed by atoms with Gasteiger partial charge in [-0.2, -0.15) is 0 Å². The molecule has 0 bridgehead atoms. The van der Waals surface area contributed by atoms with Gasteiger partial charge >= 0.3 is 0 Å². The van der Waals surface area contributed by atoms with Crippen molar-refractivity contribution in [2.75, 3.05) is 0 Å². The van der Waals surface area contributed by atoms with E-state index in [1.165, 1.54) is 31.3 Å². The van der Waals surface area contributed by atoms with Crippen LogP contribution in [0.3, 0.4) is 0 Å². The maximum absolute atomic E-state index is 2.56. The lowest BCUT2D eigenvalue weighted by molar-refractivity contribution is 0.317. The van der Waals surface area contributed by atoms with Crippen LogP contribution in [0, 0.1) is 23.2 Å². The fourth-order valence-corrected chi connectivity index (χ4v) is 3.40. The highest BCUT2D eigenvalue weighted by Crippen LogP contribution is 2.40. The zero-order valence-electron chi connectivity index (χ0n) is 13.4. The van der Waals surface area contributed by atoms with Crippen molar-refractivity contribution in [3.8, 4) is 0 Å². The van der Waals surface area contributed by atoms with Gasteiger partial charge in [0.2, 0.25) is 0 Å². The summed E-state index contributed by atoms with van der Waals surface area (Å²) in [6.07, 6.45) is 15.3. The van der Waals surface area contributed by atoms with E-state index in [-0.39, 0.29) is 5.41 Å². The Labute approximate surface area is 119 Å². The smallest absolute Gasteiger partial charge is 0.00672 e. The molecule has 0 amide bonds. The third kappa shape index (κ3) is 3.41. The molecule has 1 atom stereocenters. The summed E-state index contributed by atoms with van der Waals surface area (Å²) in [7, 11) is 0. The van der Waals surface area contributed by atoms with Gasteiger partial charge in [-0.3, -0.25) is 0 Å². The Morgan fingerprint density at radius 3 is 2.26 bits per heavy atom. The first-order chi connectivity index (χ1) is 8.90. The van der Waals surface area contributed by atoms with Crippen molar-refractivity contribution in [2.45, 2.75) is 60.3 Å². The topological polar surface area (TPSA) is 0 Å². The molecule has 0 aromatic heterocycles. The molecular weight excluding hydrogens is 228 g/mol. The fraction of sp³-hybridized carbons (Fsp3) is 0.684. The molecule has 0 radical (unpaired) electrons. The van der Waals surface area contributed by atoms with Gasteiger partial charge in [-0.25, -0.2) is 0 Å². The first kappa shape index (κ1) is 14.6. The van der Waals surface area contributed by atoms with E-state index in [4.69, 9.17) is 0 Å². The Bertz CT molecular complexity index is 400. The average molecular weight is 258 g/mol. The molecule has 2 rings (SSSR count). The molecule has 0 N–H and O–H groups in total. The van der Waals surface area contributed by atoms with Crippen molar-refractivity contribution in [2.24, 2.45) is 23.2 Å². The van der Waals surface area contributed by atoms with E-state index in [2.05, 4.69) is 58.9 Å². The Balaban J connectivity index is 2.25. The quantitative estimate of drug-likeness (QED) is 0.577. The molecule has 0 heteroatoms. The zero-order chi connectivity index (χ0) is 14.0. The van der Waals surface area contributed by atoms with E-state index in [1.54, 1.807) is 5.57 Å². The molecule has 2 aliphatic rings. The second-order valence-corrected chi connectivity index (χ2v) is 7.34. The summed E-state index contributed by atoms with van der Waals surface area (Å²) >= 11 is 0. The summed E-state index contributed by atoms with van der Waals surface area (Å²) in [5.41, 5.74) is 3.22. The van der Waals surface area contributed by atoms with Gasteiger partial charge in [-0.1, -0.05) is 70.4 Å². The molecule has 0 spiro atoms. The second-order valence-electron chi connectivity index (χ2n) is 7.34. The lowest BCUT2D eigenvalue weighted by Gasteiger charge is -2.31. The standard InChI is InChI=1S/C19H30/c1-14(2)19(5)12-16(4)8-11-18(13-19)17-9-6-15(3)7-10-17/h8,11-15,17H,6-7,9-10H2,1-5H3. The predicted molar refractivity (Wildman–Crippen MR) is 85.0 cm³/mol. The van der Waals surface area contributed by atoms with Gasteiger partial charge < -0.3 is 0 Å². The summed E-state index contributed by atoms with van der Waals surface area (Å²) in [5.74, 6) is 2.38. The van der Waals surface area contributed by atoms with Crippen LogP contribution in [-0.4, -0.2) is 0 Å². The lowest BCUT2D eigenvalue weighted by atomic mass is 9.73. The molecule has 19 heavy (non-hydrogen) atoms. The van der Waals surface area contributed by atoms with E-state index >= 15 is 0 Å². The second kappa shape index (κ2) is 5.69. The van der Waals surface area contributed by atoms with Crippen LogP contribution in [0.2, 0.25) is 0 Å². The summed E-state index contributed by atoms with van der Waals surface area (Å²) in [4.78, 5) is 0. The van der Waals surface area contributed by atoms with Crippen molar-refractivity contribution in [3.63, 3.8) is 0 Å². The molecule has 0 aromatic rings. The van der Waals surface area contributed by atoms with Crippen LogP contribution >= 0.6 is 0 Å². The largest absolute Gasteiger partial charge is 0.0716 e. The lowest BCUT2D eigenvalue weighted by Crippen LogP contribution is -2.21. The minimum Gasteiger partial charge on any atom is -0.0716 e. The van der Waals surface area contributed by atoms with Crippen LogP contribution in [0.15, 0.2) is 35.5 Å². The average Bonchev–Trinajstić information content (AvgIpc) is 2.50. The molecule has 1 saturated carbocycles. The summed E-state index contributed by atoms with van der Waals surface area (Å²) in [5, 5.41) is 0. The van der Waals surface area contributed by atoms with Crippen molar-refractivity contribution in [1.29, 1.82) is 0 Å². The maximum atomic E-state index is 2.56. The normalized spacial score (nSPS) is 35.9. The van der Waals surface area contributed by atoms with E-state index in [0.717, 1.165) is 11.8 Å². The third-order valence-corrected chi connectivity index (χ3v) is 5.29. The van der Waals surface area contributed by atoms with Gasteiger partial charge in [-0.15, -0.1) is 0 Å². The van der Waals surface area contributed by atoms with Crippen molar-refractivity contribution in [3.05, 3.63) is 35.5 Å². The Kier molecular flexibility index (Phi) is 4.38. The van der Waals surface area contributed by atoms with Crippen LogP contribution in [0.1, 0.15) is 60.3 Å². The number of hydrogen-bond donors (Lipinski definition) is 0. The van der Waals surface area contributed by atoms with E-state index in [9.17, 15) is 0 Å². The van der Waals surface area contributed by atoms with Gasteiger partial charge in [0.1, 0.15) is 0 Å². The summed E-state index contributed by atoms with van der Waals surface area (Å²) in [6, 6.07) is 0. The highest BCUT2D eigenvalue weighted by atomic mass is 14.3. The van der Waals surface area contributed by atoms with E-state index in [0.29, 0.717) is 5.92 Å². The monoisotopic (exact) mass is 258 g/mol. The summed E-state index contributed by atoms with van der Waals surface area (Å²) < 4.78 is 0. The first-order valence-electron chi connectivity index (χ1n) is 8.01. The van der Waals surface area contributed by atoms with Gasteiger partial charge in [0.15, 0.2) is 0 Å². The Morgan fingerprint density at radius 1 is 1.05 bits per heavy atom. The third-order valence-electron chi connectivity index (χ3n) is 5.29. The minimum absolute atomic E-state index is 0.214. The summed E-state index contributed by atoms with van der Waals surface area (Å²) in [6.45, 7) is 11.7. The molecule has 1 unspecified atom stereocenters. The van der Waals surface area contributed by atoms with Gasteiger partial charge in [0, 0.05) is 5.41 Å². The number of rotatable bonds is 2. The fourth-order valence-electron chi connectivity index (χ4n) is 3.40. The molecule has 0 aromatic carbocycles. The van der Waals surface area contributed by atoms with Crippen molar-refractivity contribution >= 4 is 0 Å². The van der Waals surface area contributed by atoms with Crippen molar-refractivity contribution < 1.29 is 0 Å². The van der Waals surface area contributed by atoms with Crippen LogP contribution < -0.4 is 0 Å². The molecule has 106 valence electrons.